The van der Waals surface area contributed by atoms with Crippen molar-refractivity contribution in [3.63, 3.8) is 0 Å². The molecule has 1 rings (SSSR count). The van der Waals surface area contributed by atoms with Gasteiger partial charge in [0.05, 0.1) is 19.3 Å². The quantitative estimate of drug-likeness (QED) is 0.349. The van der Waals surface area contributed by atoms with E-state index in [-0.39, 0.29) is 23.7 Å². The number of esters is 1. The number of carbonyl (C=O) groups excluding carboxylic acids is 2. The first-order valence-electron chi connectivity index (χ1n) is 4.96. The van der Waals surface area contributed by atoms with E-state index >= 15 is 0 Å². The zero-order valence-electron chi connectivity index (χ0n) is 9.53. The van der Waals surface area contributed by atoms with Crippen molar-refractivity contribution in [1.29, 1.82) is 0 Å². The number of methoxy groups -OCH3 is 1. The number of rotatable bonds is 5. The fourth-order valence-corrected chi connectivity index (χ4v) is 1.38. The maximum Gasteiger partial charge on any atom is 0.313 e. The van der Waals surface area contributed by atoms with Crippen LogP contribution in [-0.4, -0.2) is 30.5 Å². The van der Waals surface area contributed by atoms with Gasteiger partial charge in [0.2, 0.25) is 0 Å². The van der Waals surface area contributed by atoms with E-state index in [0.29, 0.717) is 5.75 Å². The van der Waals surface area contributed by atoms with Crippen LogP contribution >= 0.6 is 11.6 Å². The van der Waals surface area contributed by atoms with Crippen molar-refractivity contribution in [2.24, 2.45) is 0 Å². The summed E-state index contributed by atoms with van der Waals surface area (Å²) in [7, 11) is 1.41. The molecule has 0 fully saturated rings. The van der Waals surface area contributed by atoms with Crippen LogP contribution in [0.4, 0.5) is 0 Å². The minimum Gasteiger partial charge on any atom is -0.496 e. The van der Waals surface area contributed by atoms with Crippen molar-refractivity contribution in [1.82, 2.24) is 4.98 Å². The van der Waals surface area contributed by atoms with Gasteiger partial charge in [0.25, 0.3) is 0 Å². The van der Waals surface area contributed by atoms with Gasteiger partial charge in [-0.3, -0.25) is 9.59 Å². The summed E-state index contributed by atoms with van der Waals surface area (Å²) >= 11 is 5.66. The number of pyridine rings is 1. The molecule has 0 N–H and O–H groups in total. The fourth-order valence-electron chi connectivity index (χ4n) is 1.23. The van der Waals surface area contributed by atoms with Gasteiger partial charge >= 0.3 is 5.97 Å². The van der Waals surface area contributed by atoms with Gasteiger partial charge < -0.3 is 9.47 Å². The van der Waals surface area contributed by atoms with E-state index in [2.05, 4.69) is 9.72 Å². The standard InChI is InChI=1S/C11H12ClNO4/c1-3-17-11(15)4-8(14)7-6-13-10(12)5-9(7)16-2/h5-6H,3-4H2,1-2H3. The van der Waals surface area contributed by atoms with Crippen LogP contribution in [0.3, 0.4) is 0 Å². The molecule has 0 spiro atoms. The highest BCUT2D eigenvalue weighted by molar-refractivity contribution is 6.29. The summed E-state index contributed by atoms with van der Waals surface area (Å²) in [6.07, 6.45) is 0.941. The van der Waals surface area contributed by atoms with Gasteiger partial charge in [-0.25, -0.2) is 4.98 Å². The third kappa shape index (κ3) is 3.71. The Morgan fingerprint density at radius 1 is 1.47 bits per heavy atom. The van der Waals surface area contributed by atoms with E-state index < -0.39 is 11.8 Å². The highest BCUT2D eigenvalue weighted by atomic mass is 35.5. The van der Waals surface area contributed by atoms with Crippen LogP contribution in [0, 0.1) is 0 Å². The van der Waals surface area contributed by atoms with Gasteiger partial charge in [0.1, 0.15) is 17.3 Å². The van der Waals surface area contributed by atoms with Gasteiger partial charge in [-0.05, 0) is 6.92 Å². The van der Waals surface area contributed by atoms with E-state index in [1.54, 1.807) is 6.92 Å². The first-order valence-corrected chi connectivity index (χ1v) is 5.34. The average molecular weight is 258 g/mol. The number of Topliss-reactive ketones (excluding diaryl/α,β-unsaturated/α-hetero) is 1. The van der Waals surface area contributed by atoms with Crippen molar-refractivity contribution < 1.29 is 19.1 Å². The smallest absolute Gasteiger partial charge is 0.313 e. The van der Waals surface area contributed by atoms with Gasteiger partial charge in [-0.1, -0.05) is 11.6 Å². The molecule has 1 aromatic heterocycles. The summed E-state index contributed by atoms with van der Waals surface area (Å²) in [5.74, 6) is -0.696. The largest absolute Gasteiger partial charge is 0.496 e. The third-order valence-electron chi connectivity index (χ3n) is 1.96. The summed E-state index contributed by atoms with van der Waals surface area (Å²) in [6.45, 7) is 1.91. The number of halogens is 1. The molecule has 5 nitrogen and oxygen atoms in total. The van der Waals surface area contributed by atoms with Gasteiger partial charge in [-0.15, -0.1) is 0 Å². The van der Waals surface area contributed by atoms with E-state index in [1.165, 1.54) is 19.4 Å². The molecule has 0 saturated heterocycles. The molecule has 0 aliphatic heterocycles. The van der Waals surface area contributed by atoms with Gasteiger partial charge in [0, 0.05) is 12.3 Å². The Balaban J connectivity index is 2.85. The maximum atomic E-state index is 11.8. The lowest BCUT2D eigenvalue weighted by molar-refractivity contribution is -0.141. The molecule has 0 amide bonds. The van der Waals surface area contributed by atoms with Gasteiger partial charge in [0.15, 0.2) is 5.78 Å². The Hall–Kier alpha value is -1.62. The molecule has 0 aliphatic rings. The van der Waals surface area contributed by atoms with E-state index in [9.17, 15) is 9.59 Å². The lowest BCUT2D eigenvalue weighted by atomic mass is 10.1. The number of hydrogen-bond acceptors (Lipinski definition) is 5. The number of carbonyl (C=O) groups is 2. The second-order valence-electron chi connectivity index (χ2n) is 3.11. The molecule has 0 unspecified atom stereocenters. The summed E-state index contributed by atoms with van der Waals surface area (Å²) < 4.78 is 9.68. The number of nitrogens with zero attached hydrogens (tertiary/aromatic N) is 1. The Labute approximate surface area is 104 Å². The second kappa shape index (κ2) is 6.20. The van der Waals surface area contributed by atoms with Crippen molar-refractivity contribution in [3.8, 4) is 5.75 Å². The van der Waals surface area contributed by atoms with Gasteiger partial charge in [-0.2, -0.15) is 0 Å². The highest BCUT2D eigenvalue weighted by Gasteiger charge is 2.17. The molecular formula is C11H12ClNO4. The van der Waals surface area contributed by atoms with Crippen LogP contribution in [0.5, 0.6) is 5.75 Å². The molecular weight excluding hydrogens is 246 g/mol. The summed E-state index contributed by atoms with van der Waals surface area (Å²) in [4.78, 5) is 26.7. The first-order chi connectivity index (χ1) is 8.08. The lowest BCUT2D eigenvalue weighted by Crippen LogP contribution is -2.12. The SMILES string of the molecule is CCOC(=O)CC(=O)c1cnc(Cl)cc1OC. The van der Waals surface area contributed by atoms with Crippen LogP contribution in [-0.2, 0) is 9.53 Å². The summed E-state index contributed by atoms with van der Waals surface area (Å²) in [5, 5.41) is 0.217. The average Bonchev–Trinajstić information content (AvgIpc) is 2.28. The number of hydrogen-bond donors (Lipinski definition) is 0. The molecule has 0 aliphatic carbocycles. The molecule has 0 bridgehead atoms. The number of aromatic nitrogens is 1. The highest BCUT2D eigenvalue weighted by Crippen LogP contribution is 2.22. The van der Waals surface area contributed by atoms with Crippen molar-refractivity contribution in [3.05, 3.63) is 23.0 Å². The topological polar surface area (TPSA) is 65.5 Å². The summed E-state index contributed by atoms with van der Waals surface area (Å²) in [5.41, 5.74) is 0.213. The Morgan fingerprint density at radius 3 is 2.76 bits per heavy atom. The predicted molar refractivity (Wildman–Crippen MR) is 61.4 cm³/mol. The Kier molecular flexibility index (Phi) is 4.90. The molecule has 1 aromatic rings. The normalized spacial score (nSPS) is 9.82. The number of ketones is 1. The molecule has 0 saturated carbocycles. The Morgan fingerprint density at radius 2 is 2.18 bits per heavy atom. The zero-order chi connectivity index (χ0) is 12.8. The van der Waals surface area contributed by atoms with E-state index in [4.69, 9.17) is 16.3 Å². The van der Waals surface area contributed by atoms with E-state index in [0.717, 1.165) is 0 Å². The third-order valence-corrected chi connectivity index (χ3v) is 2.17. The molecule has 0 atom stereocenters. The minimum absolute atomic E-state index is 0.213. The second-order valence-corrected chi connectivity index (χ2v) is 3.50. The molecule has 1 heterocycles. The maximum absolute atomic E-state index is 11.8. The van der Waals surface area contributed by atoms with Crippen LogP contribution in [0.2, 0.25) is 5.15 Å². The van der Waals surface area contributed by atoms with Crippen LogP contribution in [0.25, 0.3) is 0 Å². The monoisotopic (exact) mass is 257 g/mol. The predicted octanol–water partition coefficient (Wildman–Crippen LogP) is 1.88. The lowest BCUT2D eigenvalue weighted by Gasteiger charge is -2.07. The number of ether oxygens (including phenoxy) is 2. The molecule has 17 heavy (non-hydrogen) atoms. The minimum atomic E-state index is -0.575. The summed E-state index contributed by atoms with van der Waals surface area (Å²) in [6, 6.07) is 1.42. The fraction of sp³-hybridized carbons (Fsp3) is 0.364. The molecule has 6 heteroatoms. The first kappa shape index (κ1) is 13.4. The van der Waals surface area contributed by atoms with Crippen molar-refractivity contribution in [2.45, 2.75) is 13.3 Å². The molecule has 0 radical (unpaired) electrons. The molecule has 92 valence electrons. The van der Waals surface area contributed by atoms with Crippen LogP contribution in [0.1, 0.15) is 23.7 Å². The van der Waals surface area contributed by atoms with Crippen molar-refractivity contribution in [2.75, 3.05) is 13.7 Å². The van der Waals surface area contributed by atoms with Crippen molar-refractivity contribution >= 4 is 23.4 Å². The Bertz CT molecular complexity index is 433. The van der Waals surface area contributed by atoms with Crippen LogP contribution in [0.15, 0.2) is 12.3 Å². The zero-order valence-corrected chi connectivity index (χ0v) is 10.3. The molecule has 0 aromatic carbocycles. The van der Waals surface area contributed by atoms with Crippen LogP contribution < -0.4 is 4.74 Å². The van der Waals surface area contributed by atoms with E-state index in [1.807, 2.05) is 0 Å².